The number of fused-ring (bicyclic) bond motifs is 2. The fraction of sp³-hybridized carbons (Fsp3) is 0.833. The first-order valence-corrected chi connectivity index (χ1v) is 8.90. The van der Waals surface area contributed by atoms with E-state index in [9.17, 15) is 0 Å². The molecule has 2 heteroatoms. The zero-order chi connectivity index (χ0) is 10.2. The molecular formula is C12H23NSi. The lowest BCUT2D eigenvalue weighted by molar-refractivity contribution is 0.358. The summed E-state index contributed by atoms with van der Waals surface area (Å²) in [7, 11) is -0.990. The third-order valence-corrected chi connectivity index (χ3v) is 10.8. The van der Waals surface area contributed by atoms with Crippen LogP contribution in [0.3, 0.4) is 0 Å². The van der Waals surface area contributed by atoms with E-state index in [4.69, 9.17) is 0 Å². The molecule has 0 aromatic heterocycles. The first-order valence-electron chi connectivity index (χ1n) is 6.20. The van der Waals surface area contributed by atoms with Crippen molar-refractivity contribution in [1.29, 1.82) is 0 Å². The number of hydrogen-bond acceptors (Lipinski definition) is 1. The molecule has 2 rings (SSSR count). The van der Waals surface area contributed by atoms with E-state index in [1.165, 1.54) is 37.6 Å². The zero-order valence-corrected chi connectivity index (χ0v) is 10.8. The molecule has 80 valence electrons. The van der Waals surface area contributed by atoms with E-state index in [0.717, 1.165) is 5.67 Å². The molecule has 0 aromatic rings. The highest BCUT2D eigenvalue weighted by molar-refractivity contribution is 6.81. The van der Waals surface area contributed by atoms with Crippen molar-refractivity contribution >= 4 is 8.07 Å². The third-order valence-electron chi connectivity index (χ3n) is 4.68. The highest BCUT2D eigenvalue weighted by atomic mass is 28.3. The van der Waals surface area contributed by atoms with Crippen LogP contribution in [-0.4, -0.2) is 31.7 Å². The van der Waals surface area contributed by atoms with E-state index in [0.29, 0.717) is 0 Å². The Morgan fingerprint density at radius 3 is 2.21 bits per heavy atom. The lowest BCUT2D eigenvalue weighted by atomic mass is 10.2. The molecule has 2 atom stereocenters. The van der Waals surface area contributed by atoms with E-state index in [1.54, 1.807) is 0 Å². The van der Waals surface area contributed by atoms with Crippen LogP contribution in [0.4, 0.5) is 0 Å². The van der Waals surface area contributed by atoms with Crippen LogP contribution in [0.15, 0.2) is 11.6 Å². The quantitative estimate of drug-likeness (QED) is 0.508. The Bertz CT molecular complexity index is 234. The lowest BCUT2D eigenvalue weighted by Crippen LogP contribution is -2.51. The van der Waals surface area contributed by atoms with Gasteiger partial charge < -0.3 is 0 Å². The molecule has 2 bridgehead atoms. The van der Waals surface area contributed by atoms with Crippen molar-refractivity contribution in [2.24, 2.45) is 0 Å². The molecule has 14 heavy (non-hydrogen) atoms. The minimum absolute atomic E-state index is 0.933. The van der Waals surface area contributed by atoms with E-state index in [-0.39, 0.29) is 0 Å². The smallest absolute Gasteiger partial charge is 0.0773 e. The van der Waals surface area contributed by atoms with Crippen LogP contribution < -0.4 is 0 Å². The van der Waals surface area contributed by atoms with Gasteiger partial charge in [0.25, 0.3) is 0 Å². The van der Waals surface area contributed by atoms with Gasteiger partial charge in [-0.3, -0.25) is 4.90 Å². The fourth-order valence-electron chi connectivity index (χ4n) is 3.53. The van der Waals surface area contributed by atoms with Gasteiger partial charge in [-0.2, -0.15) is 0 Å². The molecule has 1 nitrogen and oxygen atoms in total. The third kappa shape index (κ3) is 1.31. The maximum absolute atomic E-state index is 2.75. The molecule has 2 aliphatic heterocycles. The van der Waals surface area contributed by atoms with E-state index in [1.807, 2.05) is 5.57 Å². The Balaban J connectivity index is 2.24. The largest absolute Gasteiger partial charge is 0.295 e. The van der Waals surface area contributed by atoms with Gasteiger partial charge >= 0.3 is 0 Å². The molecule has 0 aromatic carbocycles. The second-order valence-electron chi connectivity index (χ2n) is 4.85. The number of nitrogens with zero attached hydrogens (tertiary/aromatic N) is 1. The molecule has 2 aliphatic rings. The van der Waals surface area contributed by atoms with Gasteiger partial charge in [0, 0.05) is 18.8 Å². The average Bonchev–Trinajstić information content (AvgIpc) is 2.83. The molecule has 0 aliphatic carbocycles. The molecule has 0 radical (unpaired) electrons. The Morgan fingerprint density at radius 1 is 1.29 bits per heavy atom. The second kappa shape index (κ2) is 3.82. The zero-order valence-electron chi connectivity index (χ0n) is 9.84. The summed E-state index contributed by atoms with van der Waals surface area (Å²) < 4.78 is 0. The molecule has 1 saturated heterocycles. The predicted molar refractivity (Wildman–Crippen MR) is 65.3 cm³/mol. The maximum Gasteiger partial charge on any atom is 0.0773 e. The van der Waals surface area contributed by atoms with E-state index in [2.05, 4.69) is 31.7 Å². The van der Waals surface area contributed by atoms with Crippen molar-refractivity contribution in [3.8, 4) is 0 Å². The summed E-state index contributed by atoms with van der Waals surface area (Å²) in [6.45, 7) is 9.90. The van der Waals surface area contributed by atoms with Gasteiger partial charge in [-0.05, 0) is 6.42 Å². The highest BCUT2D eigenvalue weighted by Crippen LogP contribution is 2.40. The molecular weight excluding hydrogens is 186 g/mol. The van der Waals surface area contributed by atoms with Gasteiger partial charge in [-0.25, -0.2) is 0 Å². The van der Waals surface area contributed by atoms with Crippen molar-refractivity contribution in [3.05, 3.63) is 11.6 Å². The standard InChI is InChI=1S/C12H23NSi/c1-4-14(5-2,6-3)12-11-7-9-13(12)10-8-11/h7,12H,4-6,8-10H2,1-3H3. The summed E-state index contributed by atoms with van der Waals surface area (Å²) in [5.74, 6) is 0. The molecule has 0 spiro atoms. The van der Waals surface area contributed by atoms with Crippen LogP contribution in [0.2, 0.25) is 18.1 Å². The van der Waals surface area contributed by atoms with Crippen LogP contribution >= 0.6 is 0 Å². The van der Waals surface area contributed by atoms with Crippen molar-refractivity contribution in [3.63, 3.8) is 0 Å². The molecule has 1 fully saturated rings. The summed E-state index contributed by atoms with van der Waals surface area (Å²) >= 11 is 0. The lowest BCUT2D eigenvalue weighted by Gasteiger charge is -2.38. The summed E-state index contributed by atoms with van der Waals surface area (Å²) in [4.78, 5) is 2.75. The SMILES string of the molecule is CC[Si](CC)(CC)C1C2=CCN1CC2. The molecule has 0 amide bonds. The molecule has 0 N–H and O–H groups in total. The summed E-state index contributed by atoms with van der Waals surface area (Å²) in [6.07, 6.45) is 3.89. The molecule has 2 heterocycles. The van der Waals surface area contributed by atoms with Crippen LogP contribution in [0.5, 0.6) is 0 Å². The van der Waals surface area contributed by atoms with Gasteiger partial charge in [0.2, 0.25) is 0 Å². The fourth-order valence-corrected chi connectivity index (χ4v) is 8.25. The van der Waals surface area contributed by atoms with Crippen LogP contribution in [0, 0.1) is 0 Å². The first kappa shape index (κ1) is 10.4. The Labute approximate surface area is 89.2 Å². The van der Waals surface area contributed by atoms with E-state index < -0.39 is 8.07 Å². The van der Waals surface area contributed by atoms with Crippen molar-refractivity contribution in [1.82, 2.24) is 4.90 Å². The number of rotatable bonds is 4. The van der Waals surface area contributed by atoms with Gasteiger partial charge in [0.05, 0.1) is 8.07 Å². The minimum atomic E-state index is -0.990. The highest BCUT2D eigenvalue weighted by Gasteiger charge is 2.46. The van der Waals surface area contributed by atoms with Crippen molar-refractivity contribution in [2.45, 2.75) is 51.0 Å². The number of hydrogen-bond donors (Lipinski definition) is 0. The normalized spacial score (nSPS) is 30.9. The van der Waals surface area contributed by atoms with Gasteiger partial charge in [0.1, 0.15) is 0 Å². The summed E-state index contributed by atoms with van der Waals surface area (Å²) in [5, 5.41) is 0. The topological polar surface area (TPSA) is 3.24 Å². The van der Waals surface area contributed by atoms with E-state index >= 15 is 0 Å². The Hall–Kier alpha value is -0.0831. The predicted octanol–water partition coefficient (Wildman–Crippen LogP) is 3.05. The maximum atomic E-state index is 2.75. The Morgan fingerprint density at radius 2 is 1.93 bits per heavy atom. The van der Waals surface area contributed by atoms with Gasteiger partial charge in [-0.15, -0.1) is 0 Å². The first-order chi connectivity index (χ1) is 6.77. The van der Waals surface area contributed by atoms with Crippen LogP contribution in [0.1, 0.15) is 27.2 Å². The minimum Gasteiger partial charge on any atom is -0.295 e. The van der Waals surface area contributed by atoms with Crippen LogP contribution in [0.25, 0.3) is 0 Å². The Kier molecular flexibility index (Phi) is 2.85. The second-order valence-corrected chi connectivity index (χ2v) is 10.2. The van der Waals surface area contributed by atoms with Crippen molar-refractivity contribution < 1.29 is 0 Å². The van der Waals surface area contributed by atoms with Gasteiger partial charge in [0.15, 0.2) is 0 Å². The molecule has 0 saturated carbocycles. The summed E-state index contributed by atoms with van der Waals surface area (Å²) in [6, 6.07) is 4.41. The molecule has 2 unspecified atom stereocenters. The monoisotopic (exact) mass is 209 g/mol. The van der Waals surface area contributed by atoms with Crippen molar-refractivity contribution in [2.75, 3.05) is 13.1 Å². The average molecular weight is 209 g/mol. The van der Waals surface area contributed by atoms with Gasteiger partial charge in [-0.1, -0.05) is 50.6 Å². The van der Waals surface area contributed by atoms with Crippen LogP contribution in [-0.2, 0) is 0 Å². The summed E-state index contributed by atoms with van der Waals surface area (Å²) in [5.41, 5.74) is 2.74.